The van der Waals surface area contributed by atoms with Crippen molar-refractivity contribution in [2.75, 3.05) is 0 Å². The normalized spacial score (nSPS) is 39.1. The van der Waals surface area contributed by atoms with Gasteiger partial charge in [-0.2, -0.15) is 0 Å². The Morgan fingerprint density at radius 2 is 2.12 bits per heavy atom. The van der Waals surface area contributed by atoms with Crippen molar-refractivity contribution in [3.63, 3.8) is 0 Å². The van der Waals surface area contributed by atoms with E-state index in [0.717, 1.165) is 17.8 Å². The summed E-state index contributed by atoms with van der Waals surface area (Å²) in [6.45, 7) is 11.6. The second-order valence-corrected chi connectivity index (χ2v) is 6.98. The predicted octanol–water partition coefficient (Wildman–Crippen LogP) is 5.20. The average Bonchev–Trinajstić information content (AvgIpc) is 2.25. The van der Waals surface area contributed by atoms with Crippen molar-refractivity contribution in [1.29, 1.82) is 0 Å². The summed E-state index contributed by atoms with van der Waals surface area (Å²) >= 11 is 0. The summed E-state index contributed by atoms with van der Waals surface area (Å²) in [6.07, 6.45) is 9.94. The molecule has 92 valence electrons. The number of hydrogen-bond donors (Lipinski definition) is 0. The van der Waals surface area contributed by atoms with Gasteiger partial charge in [-0.3, -0.25) is 0 Å². The molecule has 0 aliphatic heterocycles. The molecule has 2 aliphatic rings. The SMILES string of the molecule is C=C1CCC2CCC(C)(CCC(C)C)C1C2. The molecule has 0 amide bonds. The number of rotatable bonds is 3. The lowest BCUT2D eigenvalue weighted by Crippen LogP contribution is -2.38. The standard InChI is InChI=1S/C16H28/c1-12(2)7-9-16(4)10-8-14-6-5-13(3)15(16)11-14/h12,14-15H,3,5-11H2,1-2,4H3. The Morgan fingerprint density at radius 3 is 2.81 bits per heavy atom. The van der Waals surface area contributed by atoms with Gasteiger partial charge in [-0.15, -0.1) is 0 Å². The molecular formula is C16H28. The van der Waals surface area contributed by atoms with Gasteiger partial charge in [0.05, 0.1) is 0 Å². The van der Waals surface area contributed by atoms with E-state index in [1.54, 1.807) is 5.57 Å². The van der Waals surface area contributed by atoms with Crippen LogP contribution in [0.25, 0.3) is 0 Å². The third kappa shape index (κ3) is 2.36. The van der Waals surface area contributed by atoms with E-state index in [1.165, 1.54) is 44.9 Å². The zero-order chi connectivity index (χ0) is 11.8. The first-order valence-corrected chi connectivity index (χ1v) is 7.19. The fourth-order valence-corrected chi connectivity index (χ4v) is 3.85. The van der Waals surface area contributed by atoms with E-state index in [0.29, 0.717) is 5.41 Å². The Morgan fingerprint density at radius 1 is 1.38 bits per heavy atom. The Balaban J connectivity index is 2.04. The van der Waals surface area contributed by atoms with Gasteiger partial charge in [0.1, 0.15) is 0 Å². The van der Waals surface area contributed by atoms with Crippen LogP contribution in [0, 0.1) is 23.2 Å². The highest BCUT2D eigenvalue weighted by atomic mass is 14.5. The molecule has 0 aromatic heterocycles. The van der Waals surface area contributed by atoms with Crippen LogP contribution in [0.4, 0.5) is 0 Å². The molecule has 3 unspecified atom stereocenters. The van der Waals surface area contributed by atoms with E-state index in [1.807, 2.05) is 0 Å². The topological polar surface area (TPSA) is 0 Å². The fraction of sp³-hybridized carbons (Fsp3) is 0.875. The third-order valence-corrected chi connectivity index (χ3v) is 5.19. The number of hydrogen-bond acceptors (Lipinski definition) is 0. The minimum absolute atomic E-state index is 0.582. The maximum Gasteiger partial charge on any atom is -0.0149 e. The van der Waals surface area contributed by atoms with Crippen LogP contribution in [0.5, 0.6) is 0 Å². The second kappa shape index (κ2) is 4.55. The summed E-state index contributed by atoms with van der Waals surface area (Å²) < 4.78 is 0. The second-order valence-electron chi connectivity index (χ2n) is 6.98. The summed E-state index contributed by atoms with van der Waals surface area (Å²) in [5, 5.41) is 0. The van der Waals surface area contributed by atoms with Gasteiger partial charge in [-0.1, -0.05) is 39.3 Å². The Hall–Kier alpha value is -0.260. The van der Waals surface area contributed by atoms with Crippen LogP contribution in [0.15, 0.2) is 12.2 Å². The summed E-state index contributed by atoms with van der Waals surface area (Å²) in [4.78, 5) is 0. The zero-order valence-electron chi connectivity index (χ0n) is 11.4. The minimum atomic E-state index is 0.582. The van der Waals surface area contributed by atoms with Gasteiger partial charge in [0.25, 0.3) is 0 Å². The Bertz CT molecular complexity index is 263. The molecule has 2 fully saturated rings. The predicted molar refractivity (Wildman–Crippen MR) is 71.4 cm³/mol. The summed E-state index contributed by atoms with van der Waals surface area (Å²) in [7, 11) is 0. The Kier molecular flexibility index (Phi) is 3.47. The van der Waals surface area contributed by atoms with Gasteiger partial charge in [0, 0.05) is 0 Å². The quantitative estimate of drug-likeness (QED) is 0.574. The van der Waals surface area contributed by atoms with Crippen LogP contribution in [-0.2, 0) is 0 Å². The molecule has 0 spiro atoms. The molecule has 0 heteroatoms. The molecular weight excluding hydrogens is 192 g/mol. The van der Waals surface area contributed by atoms with Crippen molar-refractivity contribution in [1.82, 2.24) is 0 Å². The molecule has 0 nitrogen and oxygen atoms in total. The Labute approximate surface area is 102 Å². The van der Waals surface area contributed by atoms with E-state index in [-0.39, 0.29) is 0 Å². The molecule has 0 radical (unpaired) electrons. The summed E-state index contributed by atoms with van der Waals surface area (Å²) in [5.74, 6) is 2.73. The molecule has 0 saturated heterocycles. The molecule has 0 aromatic carbocycles. The van der Waals surface area contributed by atoms with E-state index < -0.39 is 0 Å². The molecule has 3 atom stereocenters. The molecule has 0 aromatic rings. The van der Waals surface area contributed by atoms with Crippen LogP contribution in [0.3, 0.4) is 0 Å². The molecule has 0 N–H and O–H groups in total. The zero-order valence-corrected chi connectivity index (χ0v) is 11.4. The van der Waals surface area contributed by atoms with Gasteiger partial charge in [0.15, 0.2) is 0 Å². The third-order valence-electron chi connectivity index (χ3n) is 5.19. The highest BCUT2D eigenvalue weighted by Gasteiger charge is 2.42. The van der Waals surface area contributed by atoms with E-state index >= 15 is 0 Å². The molecule has 2 bridgehead atoms. The smallest absolute Gasteiger partial charge is 0.0149 e. The number of fused-ring (bicyclic) bond motifs is 2. The maximum atomic E-state index is 4.36. The van der Waals surface area contributed by atoms with Crippen molar-refractivity contribution in [2.24, 2.45) is 23.2 Å². The fourth-order valence-electron chi connectivity index (χ4n) is 3.85. The molecule has 0 heterocycles. The van der Waals surface area contributed by atoms with Crippen LogP contribution in [0.2, 0.25) is 0 Å². The van der Waals surface area contributed by atoms with E-state index in [9.17, 15) is 0 Å². The minimum Gasteiger partial charge on any atom is -0.0996 e. The van der Waals surface area contributed by atoms with Gasteiger partial charge in [0.2, 0.25) is 0 Å². The average molecular weight is 220 g/mol. The van der Waals surface area contributed by atoms with Gasteiger partial charge < -0.3 is 0 Å². The van der Waals surface area contributed by atoms with Crippen molar-refractivity contribution < 1.29 is 0 Å². The van der Waals surface area contributed by atoms with Gasteiger partial charge in [-0.25, -0.2) is 0 Å². The van der Waals surface area contributed by atoms with E-state index in [4.69, 9.17) is 0 Å². The monoisotopic (exact) mass is 220 g/mol. The largest absolute Gasteiger partial charge is 0.0996 e. The molecule has 2 aliphatic carbocycles. The van der Waals surface area contributed by atoms with Gasteiger partial charge in [-0.05, 0) is 61.7 Å². The van der Waals surface area contributed by atoms with Crippen molar-refractivity contribution in [3.8, 4) is 0 Å². The van der Waals surface area contributed by atoms with E-state index in [2.05, 4.69) is 27.4 Å². The summed E-state index contributed by atoms with van der Waals surface area (Å²) in [5.41, 5.74) is 2.15. The molecule has 2 saturated carbocycles. The highest BCUT2D eigenvalue weighted by molar-refractivity contribution is 5.12. The lowest BCUT2D eigenvalue weighted by molar-refractivity contribution is 0.0656. The maximum absolute atomic E-state index is 4.36. The van der Waals surface area contributed by atoms with Crippen molar-refractivity contribution in [2.45, 2.75) is 65.7 Å². The lowest BCUT2D eigenvalue weighted by atomic mass is 9.56. The first-order chi connectivity index (χ1) is 7.51. The van der Waals surface area contributed by atoms with Crippen molar-refractivity contribution >= 4 is 0 Å². The van der Waals surface area contributed by atoms with Crippen LogP contribution < -0.4 is 0 Å². The lowest BCUT2D eigenvalue weighted by Gasteiger charge is -2.49. The van der Waals surface area contributed by atoms with Crippen molar-refractivity contribution in [3.05, 3.63) is 12.2 Å². The van der Waals surface area contributed by atoms with Gasteiger partial charge >= 0.3 is 0 Å². The summed E-state index contributed by atoms with van der Waals surface area (Å²) in [6, 6.07) is 0. The van der Waals surface area contributed by atoms with Crippen LogP contribution >= 0.6 is 0 Å². The van der Waals surface area contributed by atoms with Crippen LogP contribution in [-0.4, -0.2) is 0 Å². The first-order valence-electron chi connectivity index (χ1n) is 7.19. The highest BCUT2D eigenvalue weighted by Crippen LogP contribution is 2.54. The molecule has 2 rings (SSSR count). The van der Waals surface area contributed by atoms with Crippen LogP contribution in [0.1, 0.15) is 65.7 Å². The number of allylic oxidation sites excluding steroid dienone is 1. The molecule has 16 heavy (non-hydrogen) atoms. The first kappa shape index (κ1) is 12.2.